The van der Waals surface area contributed by atoms with Crippen molar-refractivity contribution in [1.29, 1.82) is 0 Å². The Hall–Kier alpha value is -1.38. The van der Waals surface area contributed by atoms with Crippen molar-refractivity contribution in [1.82, 2.24) is 9.78 Å². The van der Waals surface area contributed by atoms with Crippen molar-refractivity contribution in [3.63, 3.8) is 0 Å². The summed E-state index contributed by atoms with van der Waals surface area (Å²) in [6.45, 7) is 9.89. The molecule has 0 unspecified atom stereocenters. The van der Waals surface area contributed by atoms with E-state index in [0.717, 1.165) is 5.69 Å². The maximum absolute atomic E-state index is 11.6. The van der Waals surface area contributed by atoms with E-state index in [4.69, 9.17) is 0 Å². The quantitative estimate of drug-likeness (QED) is 0.524. The molecule has 0 bridgehead atoms. The fraction of sp³-hybridized carbons (Fsp3) is 0.400. The number of ketones is 1. The van der Waals surface area contributed by atoms with Crippen LogP contribution in [-0.2, 0) is 6.54 Å². The summed E-state index contributed by atoms with van der Waals surface area (Å²) in [4.78, 5) is 11.6. The van der Waals surface area contributed by atoms with Crippen LogP contribution >= 0.6 is 0 Å². The van der Waals surface area contributed by atoms with Gasteiger partial charge in [-0.1, -0.05) is 6.58 Å². The third-order valence-electron chi connectivity index (χ3n) is 1.82. The molecule has 3 nitrogen and oxygen atoms in total. The summed E-state index contributed by atoms with van der Waals surface area (Å²) in [7, 11) is 0. The molecule has 0 saturated carbocycles. The Labute approximate surface area is 78.1 Å². The van der Waals surface area contributed by atoms with Gasteiger partial charge in [-0.3, -0.25) is 9.48 Å². The first kappa shape index (κ1) is 9.71. The summed E-state index contributed by atoms with van der Waals surface area (Å²) >= 11 is 0. The molecule has 0 spiro atoms. The Morgan fingerprint density at radius 2 is 2.31 bits per heavy atom. The summed E-state index contributed by atoms with van der Waals surface area (Å²) < 4.78 is 1.70. The van der Waals surface area contributed by atoms with Crippen LogP contribution in [0.2, 0.25) is 0 Å². The molecular formula is C10H14N2O. The Morgan fingerprint density at radius 3 is 2.77 bits per heavy atom. The number of Topliss-reactive ketones (excluding diaryl/α,β-unsaturated/α-hetero) is 1. The van der Waals surface area contributed by atoms with Crippen molar-refractivity contribution in [2.75, 3.05) is 0 Å². The number of aryl methyl sites for hydroxylation is 2. The fourth-order valence-corrected chi connectivity index (χ4v) is 1.19. The molecule has 13 heavy (non-hydrogen) atoms. The minimum atomic E-state index is -0.0255. The van der Waals surface area contributed by atoms with Crippen LogP contribution < -0.4 is 0 Å². The molecule has 0 aliphatic carbocycles. The molecule has 0 radical (unpaired) electrons. The first-order valence-electron chi connectivity index (χ1n) is 4.31. The largest absolute Gasteiger partial charge is 0.287 e. The van der Waals surface area contributed by atoms with Gasteiger partial charge in [0.05, 0.1) is 5.69 Å². The van der Waals surface area contributed by atoms with E-state index in [1.807, 2.05) is 13.8 Å². The monoisotopic (exact) mass is 178 g/mol. The van der Waals surface area contributed by atoms with Gasteiger partial charge in [-0.15, -0.1) is 0 Å². The molecule has 0 fully saturated rings. The average Bonchev–Trinajstić information content (AvgIpc) is 2.45. The zero-order valence-corrected chi connectivity index (χ0v) is 8.29. The van der Waals surface area contributed by atoms with E-state index >= 15 is 0 Å². The first-order chi connectivity index (χ1) is 6.06. The minimum absolute atomic E-state index is 0.0255. The molecule has 0 aromatic carbocycles. The molecule has 0 aliphatic heterocycles. The highest BCUT2D eigenvalue weighted by Crippen LogP contribution is 2.08. The van der Waals surface area contributed by atoms with E-state index < -0.39 is 0 Å². The van der Waals surface area contributed by atoms with Crippen LogP contribution in [0.4, 0.5) is 0 Å². The van der Waals surface area contributed by atoms with Gasteiger partial charge in [0.25, 0.3) is 0 Å². The zero-order valence-electron chi connectivity index (χ0n) is 8.29. The van der Waals surface area contributed by atoms with Gasteiger partial charge in [0.15, 0.2) is 0 Å². The maximum Gasteiger partial charge on any atom is 0.206 e. The number of carbonyl (C=O) groups is 1. The zero-order chi connectivity index (χ0) is 10.0. The van der Waals surface area contributed by atoms with Crippen molar-refractivity contribution < 1.29 is 4.79 Å². The van der Waals surface area contributed by atoms with Crippen LogP contribution in [0.3, 0.4) is 0 Å². The molecule has 0 atom stereocenters. The maximum atomic E-state index is 11.6. The van der Waals surface area contributed by atoms with Crippen LogP contribution in [0.5, 0.6) is 0 Å². The van der Waals surface area contributed by atoms with E-state index in [2.05, 4.69) is 11.7 Å². The molecule has 1 heterocycles. The first-order valence-corrected chi connectivity index (χ1v) is 4.31. The number of allylic oxidation sites excluding steroid dienone is 1. The number of rotatable bonds is 3. The number of aromatic nitrogens is 2. The highest BCUT2D eigenvalue weighted by molar-refractivity contribution is 6.06. The van der Waals surface area contributed by atoms with Crippen LogP contribution in [0.1, 0.15) is 30.0 Å². The standard InChI is InChI=1S/C10H14N2O/c1-5-12-9(6-8(4)11-12)10(13)7(2)3/h6H,2,5H2,1,3-4H3. The molecule has 1 aromatic heterocycles. The van der Waals surface area contributed by atoms with Crippen molar-refractivity contribution in [2.24, 2.45) is 0 Å². The molecule has 0 N–H and O–H groups in total. The Morgan fingerprint density at radius 1 is 1.69 bits per heavy atom. The predicted octanol–water partition coefficient (Wildman–Crippen LogP) is 1.97. The third kappa shape index (κ3) is 1.86. The summed E-state index contributed by atoms with van der Waals surface area (Å²) in [5.41, 5.74) is 2.05. The topological polar surface area (TPSA) is 34.9 Å². The Balaban J connectivity index is 3.12. The lowest BCUT2D eigenvalue weighted by Gasteiger charge is -2.01. The van der Waals surface area contributed by atoms with Crippen LogP contribution in [-0.4, -0.2) is 15.6 Å². The van der Waals surface area contributed by atoms with E-state index in [1.165, 1.54) is 0 Å². The second kappa shape index (κ2) is 3.56. The predicted molar refractivity (Wildman–Crippen MR) is 51.8 cm³/mol. The highest BCUT2D eigenvalue weighted by atomic mass is 16.1. The number of carbonyl (C=O) groups excluding carboxylic acids is 1. The SMILES string of the molecule is C=C(C)C(=O)c1cc(C)nn1CC. The van der Waals surface area contributed by atoms with Crippen LogP contribution in [0.25, 0.3) is 0 Å². The Bertz CT molecular complexity index is 350. The van der Waals surface area contributed by atoms with Crippen molar-refractivity contribution in [3.8, 4) is 0 Å². The van der Waals surface area contributed by atoms with Gasteiger partial charge in [0.1, 0.15) is 5.69 Å². The van der Waals surface area contributed by atoms with Gasteiger partial charge in [-0.25, -0.2) is 0 Å². The smallest absolute Gasteiger partial charge is 0.206 e. The summed E-state index contributed by atoms with van der Waals surface area (Å²) in [5.74, 6) is -0.0255. The minimum Gasteiger partial charge on any atom is -0.287 e. The molecular weight excluding hydrogens is 164 g/mol. The van der Waals surface area contributed by atoms with Gasteiger partial charge in [0.2, 0.25) is 5.78 Å². The van der Waals surface area contributed by atoms with Crippen molar-refractivity contribution in [3.05, 3.63) is 29.6 Å². The van der Waals surface area contributed by atoms with E-state index in [0.29, 0.717) is 17.8 Å². The van der Waals surface area contributed by atoms with Crippen molar-refractivity contribution in [2.45, 2.75) is 27.3 Å². The number of hydrogen-bond acceptors (Lipinski definition) is 2. The molecule has 3 heteroatoms. The Kier molecular flexibility index (Phi) is 2.66. The van der Waals surface area contributed by atoms with Gasteiger partial charge >= 0.3 is 0 Å². The lowest BCUT2D eigenvalue weighted by atomic mass is 10.1. The number of hydrogen-bond donors (Lipinski definition) is 0. The molecule has 0 aliphatic rings. The normalized spacial score (nSPS) is 10.1. The number of nitrogens with zero attached hydrogens (tertiary/aromatic N) is 2. The van der Waals surface area contributed by atoms with E-state index in [-0.39, 0.29) is 5.78 Å². The van der Waals surface area contributed by atoms with Gasteiger partial charge in [0, 0.05) is 6.54 Å². The van der Waals surface area contributed by atoms with Crippen molar-refractivity contribution >= 4 is 5.78 Å². The summed E-state index contributed by atoms with van der Waals surface area (Å²) in [6.07, 6.45) is 0. The van der Waals surface area contributed by atoms with E-state index in [1.54, 1.807) is 17.7 Å². The van der Waals surface area contributed by atoms with E-state index in [9.17, 15) is 4.79 Å². The molecule has 0 saturated heterocycles. The lowest BCUT2D eigenvalue weighted by Crippen LogP contribution is -2.09. The summed E-state index contributed by atoms with van der Waals surface area (Å²) in [5, 5.41) is 4.19. The molecule has 1 aromatic rings. The van der Waals surface area contributed by atoms with Gasteiger partial charge in [-0.2, -0.15) is 5.10 Å². The van der Waals surface area contributed by atoms with Gasteiger partial charge in [-0.05, 0) is 32.4 Å². The highest BCUT2D eigenvalue weighted by Gasteiger charge is 2.12. The third-order valence-corrected chi connectivity index (χ3v) is 1.82. The van der Waals surface area contributed by atoms with Crippen LogP contribution in [0, 0.1) is 6.92 Å². The van der Waals surface area contributed by atoms with Gasteiger partial charge < -0.3 is 0 Å². The molecule has 1 rings (SSSR count). The van der Waals surface area contributed by atoms with Crippen LogP contribution in [0.15, 0.2) is 18.2 Å². The lowest BCUT2D eigenvalue weighted by molar-refractivity contribution is 0.102. The second-order valence-electron chi connectivity index (χ2n) is 3.10. The average molecular weight is 178 g/mol. The fourth-order valence-electron chi connectivity index (χ4n) is 1.19. The summed E-state index contributed by atoms with van der Waals surface area (Å²) in [6, 6.07) is 1.79. The molecule has 70 valence electrons. The second-order valence-corrected chi connectivity index (χ2v) is 3.10. The molecule has 0 amide bonds.